The van der Waals surface area contributed by atoms with E-state index in [1.165, 1.54) is 38.5 Å². The third-order valence-electron chi connectivity index (χ3n) is 6.94. The molecule has 5 heteroatoms. The Kier molecular flexibility index (Phi) is 4.21. The maximum Gasteiger partial charge on any atom is 0.222 e. The van der Waals surface area contributed by atoms with E-state index in [1.807, 2.05) is 16.8 Å². The number of alkyl halides is 1. The molecule has 5 fully saturated rings. The van der Waals surface area contributed by atoms with Gasteiger partial charge in [0, 0.05) is 43.8 Å². The third kappa shape index (κ3) is 3.13. The smallest absolute Gasteiger partial charge is 0.222 e. The number of nitrogens with zero attached hydrogens (tertiary/aromatic N) is 2. The molecule has 0 aromatic rings. The lowest BCUT2D eigenvalue weighted by Gasteiger charge is -2.60. The molecule has 2 unspecified atom stereocenters. The average Bonchev–Trinajstić information content (AvgIpc) is 2.86. The second-order valence-corrected chi connectivity index (χ2v) is 10.8. The fraction of sp³-hybridized carbons (Fsp3) is 0.895. The maximum atomic E-state index is 12.8. The Bertz CT molecular complexity index is 535. The van der Waals surface area contributed by atoms with Crippen LogP contribution in [0.5, 0.6) is 0 Å². The van der Waals surface area contributed by atoms with Gasteiger partial charge in [-0.05, 0) is 62.2 Å². The standard InChI is InChI=1S/C19H29BrN2O2/c1-21(5-6-22-4-2-3-16(22)23)17(24)12-18-8-14-7-15(9-18)11-19(20,10-14)13-18/h14-15H,2-13H2,1H3. The molecule has 4 bridgehead atoms. The molecular weight excluding hydrogens is 368 g/mol. The number of halogens is 1. The van der Waals surface area contributed by atoms with Crippen LogP contribution in [0.25, 0.3) is 0 Å². The molecule has 1 saturated heterocycles. The second kappa shape index (κ2) is 6.00. The van der Waals surface area contributed by atoms with Gasteiger partial charge in [0.25, 0.3) is 0 Å². The Hall–Kier alpha value is -0.580. The van der Waals surface area contributed by atoms with Gasteiger partial charge in [-0.2, -0.15) is 0 Å². The molecule has 2 amide bonds. The van der Waals surface area contributed by atoms with Crippen molar-refractivity contribution >= 4 is 27.7 Å². The molecule has 24 heavy (non-hydrogen) atoms. The summed E-state index contributed by atoms with van der Waals surface area (Å²) in [5.41, 5.74) is 0.238. The fourth-order valence-electron chi connectivity index (χ4n) is 6.33. The zero-order chi connectivity index (χ0) is 16.9. The molecule has 2 atom stereocenters. The third-order valence-corrected chi connectivity index (χ3v) is 7.87. The fourth-order valence-corrected chi connectivity index (χ4v) is 7.84. The SMILES string of the molecule is CN(CCN1CCCC1=O)C(=O)CC12CC3CC(CC(Br)(C3)C1)C2. The van der Waals surface area contributed by atoms with Gasteiger partial charge in [-0.1, -0.05) is 15.9 Å². The molecule has 0 aromatic carbocycles. The van der Waals surface area contributed by atoms with Gasteiger partial charge in [0.05, 0.1) is 0 Å². The zero-order valence-corrected chi connectivity index (χ0v) is 16.3. The Morgan fingerprint density at radius 2 is 2.00 bits per heavy atom. The Morgan fingerprint density at radius 1 is 1.29 bits per heavy atom. The van der Waals surface area contributed by atoms with E-state index in [1.54, 1.807) is 0 Å². The summed E-state index contributed by atoms with van der Waals surface area (Å²) in [6.07, 6.45) is 10.0. The van der Waals surface area contributed by atoms with Crippen LogP contribution in [0.1, 0.15) is 57.8 Å². The Balaban J connectivity index is 1.34. The number of rotatable bonds is 5. The normalized spacial score (nSPS) is 40.4. The lowest BCUT2D eigenvalue weighted by Crippen LogP contribution is -2.54. The summed E-state index contributed by atoms with van der Waals surface area (Å²) in [7, 11) is 1.91. The monoisotopic (exact) mass is 396 g/mol. The minimum absolute atomic E-state index is 0.238. The summed E-state index contributed by atoms with van der Waals surface area (Å²) in [6, 6.07) is 0. The van der Waals surface area contributed by atoms with Crippen LogP contribution in [0.3, 0.4) is 0 Å². The van der Waals surface area contributed by atoms with Gasteiger partial charge in [-0.3, -0.25) is 9.59 Å². The number of carbonyl (C=O) groups excluding carboxylic acids is 2. The quantitative estimate of drug-likeness (QED) is 0.669. The van der Waals surface area contributed by atoms with Crippen molar-refractivity contribution in [1.82, 2.24) is 9.80 Å². The molecule has 1 heterocycles. The molecule has 5 rings (SSSR count). The molecular formula is C19H29BrN2O2. The summed E-state index contributed by atoms with van der Waals surface area (Å²) in [5, 5.41) is 0. The first-order valence-corrected chi connectivity index (χ1v) is 10.4. The predicted molar refractivity (Wildman–Crippen MR) is 96.8 cm³/mol. The molecule has 4 saturated carbocycles. The first-order valence-electron chi connectivity index (χ1n) is 9.57. The van der Waals surface area contributed by atoms with Crippen molar-refractivity contribution in [3.8, 4) is 0 Å². The van der Waals surface area contributed by atoms with Gasteiger partial charge in [0.15, 0.2) is 0 Å². The zero-order valence-electron chi connectivity index (χ0n) is 14.7. The van der Waals surface area contributed by atoms with Crippen LogP contribution < -0.4 is 0 Å². The van der Waals surface area contributed by atoms with E-state index in [9.17, 15) is 9.59 Å². The van der Waals surface area contributed by atoms with Crippen LogP contribution in [0.15, 0.2) is 0 Å². The van der Waals surface area contributed by atoms with Gasteiger partial charge >= 0.3 is 0 Å². The molecule has 0 spiro atoms. The van der Waals surface area contributed by atoms with Crippen LogP contribution in [-0.4, -0.2) is 52.6 Å². The van der Waals surface area contributed by atoms with Gasteiger partial charge in [-0.25, -0.2) is 0 Å². The van der Waals surface area contributed by atoms with Gasteiger partial charge < -0.3 is 9.80 Å². The number of hydrogen-bond acceptors (Lipinski definition) is 2. The van der Waals surface area contributed by atoms with E-state index in [-0.39, 0.29) is 17.2 Å². The van der Waals surface area contributed by atoms with Crippen LogP contribution in [0.2, 0.25) is 0 Å². The summed E-state index contributed by atoms with van der Waals surface area (Å²) >= 11 is 4.03. The highest BCUT2D eigenvalue weighted by atomic mass is 79.9. The number of hydrogen-bond donors (Lipinski definition) is 0. The number of amides is 2. The van der Waals surface area contributed by atoms with Crippen molar-refractivity contribution in [1.29, 1.82) is 0 Å². The van der Waals surface area contributed by atoms with E-state index < -0.39 is 0 Å². The van der Waals surface area contributed by atoms with Crippen molar-refractivity contribution in [2.75, 3.05) is 26.7 Å². The highest BCUT2D eigenvalue weighted by molar-refractivity contribution is 9.10. The first-order chi connectivity index (χ1) is 11.4. The Labute approximate surface area is 153 Å². The first kappa shape index (κ1) is 16.9. The highest BCUT2D eigenvalue weighted by Gasteiger charge is 2.57. The number of likely N-dealkylation sites (tertiary alicyclic amines) is 1. The van der Waals surface area contributed by atoms with Crippen molar-refractivity contribution in [3.05, 3.63) is 0 Å². The van der Waals surface area contributed by atoms with Crippen molar-refractivity contribution in [2.24, 2.45) is 17.3 Å². The molecule has 0 aromatic heterocycles. The van der Waals surface area contributed by atoms with Crippen LogP contribution in [0.4, 0.5) is 0 Å². The largest absolute Gasteiger partial charge is 0.344 e. The van der Waals surface area contributed by atoms with Crippen LogP contribution in [0, 0.1) is 17.3 Å². The summed E-state index contributed by atoms with van der Waals surface area (Å²) in [6.45, 7) is 2.23. The van der Waals surface area contributed by atoms with Crippen molar-refractivity contribution in [3.63, 3.8) is 0 Å². The van der Waals surface area contributed by atoms with Crippen LogP contribution >= 0.6 is 15.9 Å². The molecule has 1 aliphatic heterocycles. The van der Waals surface area contributed by atoms with Crippen LogP contribution in [-0.2, 0) is 9.59 Å². The maximum absolute atomic E-state index is 12.8. The van der Waals surface area contributed by atoms with Crippen molar-refractivity contribution in [2.45, 2.75) is 62.1 Å². The van der Waals surface area contributed by atoms with Crippen molar-refractivity contribution < 1.29 is 9.59 Å². The summed E-state index contributed by atoms with van der Waals surface area (Å²) < 4.78 is 0.317. The molecule has 4 aliphatic carbocycles. The van der Waals surface area contributed by atoms with Gasteiger partial charge in [0.1, 0.15) is 0 Å². The molecule has 134 valence electrons. The van der Waals surface area contributed by atoms with E-state index in [2.05, 4.69) is 15.9 Å². The molecule has 0 N–H and O–H groups in total. The topological polar surface area (TPSA) is 40.6 Å². The summed E-state index contributed by atoms with van der Waals surface area (Å²) in [4.78, 5) is 28.3. The average molecular weight is 397 g/mol. The lowest BCUT2D eigenvalue weighted by molar-refractivity contribution is -0.138. The van der Waals surface area contributed by atoms with E-state index >= 15 is 0 Å². The lowest BCUT2D eigenvalue weighted by atomic mass is 9.48. The molecule has 0 radical (unpaired) electrons. The van der Waals surface area contributed by atoms with E-state index in [0.717, 1.165) is 24.8 Å². The molecule has 5 aliphatic rings. The number of likely N-dealkylation sites (N-methyl/N-ethyl adjacent to an activating group) is 1. The van der Waals surface area contributed by atoms with Gasteiger partial charge in [0.2, 0.25) is 11.8 Å². The molecule has 4 nitrogen and oxygen atoms in total. The number of carbonyl (C=O) groups is 2. The minimum atomic E-state index is 0.238. The van der Waals surface area contributed by atoms with Gasteiger partial charge in [-0.15, -0.1) is 0 Å². The summed E-state index contributed by atoms with van der Waals surface area (Å²) in [5.74, 6) is 2.18. The van der Waals surface area contributed by atoms with E-state index in [0.29, 0.717) is 30.3 Å². The Morgan fingerprint density at radius 3 is 2.58 bits per heavy atom. The predicted octanol–water partition coefficient (Wildman–Crippen LogP) is 3.19. The highest BCUT2D eigenvalue weighted by Crippen LogP contribution is 2.65. The van der Waals surface area contributed by atoms with E-state index in [4.69, 9.17) is 0 Å². The minimum Gasteiger partial charge on any atom is -0.344 e. The second-order valence-electron chi connectivity index (χ2n) is 9.09.